The van der Waals surface area contributed by atoms with Crippen LogP contribution in [0.5, 0.6) is 11.5 Å². The normalized spacial score (nSPS) is 16.1. The van der Waals surface area contributed by atoms with E-state index >= 15 is 0 Å². The Bertz CT molecular complexity index is 531. The van der Waals surface area contributed by atoms with E-state index < -0.39 is 0 Å². The summed E-state index contributed by atoms with van der Waals surface area (Å²) in [6, 6.07) is 5.30. The number of amidine groups is 1. The van der Waals surface area contributed by atoms with Crippen molar-refractivity contribution < 1.29 is 26.7 Å². The Hall–Kier alpha value is -1.75. The van der Waals surface area contributed by atoms with Crippen molar-refractivity contribution >= 4 is 11.6 Å². The van der Waals surface area contributed by atoms with Gasteiger partial charge in [0, 0.05) is 18.5 Å². The average molecular weight is 296 g/mol. The molecule has 0 spiro atoms. The van der Waals surface area contributed by atoms with Gasteiger partial charge in [0.2, 0.25) is 0 Å². The predicted molar refractivity (Wildman–Crippen MR) is 71.3 cm³/mol. The third-order valence-electron chi connectivity index (χ3n) is 3.19. The van der Waals surface area contributed by atoms with Crippen molar-refractivity contribution in [2.45, 2.75) is 12.8 Å². The molecule has 0 fully saturated rings. The van der Waals surface area contributed by atoms with Crippen LogP contribution in [0.15, 0.2) is 23.2 Å². The summed E-state index contributed by atoms with van der Waals surface area (Å²) in [5, 5.41) is 3.09. The quantitative estimate of drug-likeness (QED) is 0.684. The van der Waals surface area contributed by atoms with Crippen molar-refractivity contribution in [1.29, 1.82) is 0 Å². The Labute approximate surface area is 123 Å². The molecule has 0 bridgehead atoms. The van der Waals surface area contributed by atoms with Gasteiger partial charge in [-0.2, -0.15) is 0 Å². The Morgan fingerprint density at radius 3 is 2.80 bits per heavy atom. The smallest absolute Gasteiger partial charge is 0.182 e. The molecule has 2 aliphatic heterocycles. The number of ketones is 1. The maximum absolute atomic E-state index is 12.1. The minimum atomic E-state index is 0. The highest BCUT2D eigenvalue weighted by atomic mass is 35.5. The molecule has 0 unspecified atom stereocenters. The lowest BCUT2D eigenvalue weighted by Gasteiger charge is -2.18. The number of carbonyl (C=O) groups is 1. The first-order valence-corrected chi connectivity index (χ1v) is 6.53. The molecular formula is C14H16ClN2O3-. The highest BCUT2D eigenvalue weighted by molar-refractivity contribution is 6.00. The molecule has 6 heteroatoms. The number of hydrogen-bond donors (Lipinski definition) is 1. The number of nitrogens with zero attached hydrogens (tertiary/aromatic N) is 1. The molecular weight excluding hydrogens is 280 g/mol. The maximum atomic E-state index is 12.1. The van der Waals surface area contributed by atoms with E-state index in [2.05, 4.69) is 10.3 Å². The summed E-state index contributed by atoms with van der Waals surface area (Å²) in [5.74, 6) is 2.32. The zero-order chi connectivity index (χ0) is 13.1. The summed E-state index contributed by atoms with van der Waals surface area (Å²) in [6.07, 6.45) is 2.01. The van der Waals surface area contributed by atoms with Crippen molar-refractivity contribution in [1.82, 2.24) is 5.32 Å². The van der Waals surface area contributed by atoms with Gasteiger partial charge in [0.05, 0.1) is 12.4 Å². The van der Waals surface area contributed by atoms with Gasteiger partial charge in [-0.1, -0.05) is 0 Å². The van der Waals surface area contributed by atoms with Crippen LogP contribution in [0, 0.1) is 0 Å². The van der Waals surface area contributed by atoms with Crippen molar-refractivity contribution in [3.05, 3.63) is 23.8 Å². The molecule has 1 aromatic carbocycles. The Morgan fingerprint density at radius 1 is 1.25 bits per heavy atom. The van der Waals surface area contributed by atoms with Gasteiger partial charge in [-0.15, -0.1) is 0 Å². The molecule has 0 saturated carbocycles. The number of halogens is 1. The van der Waals surface area contributed by atoms with E-state index in [0.29, 0.717) is 30.3 Å². The van der Waals surface area contributed by atoms with Crippen LogP contribution in [-0.2, 0) is 0 Å². The molecule has 108 valence electrons. The van der Waals surface area contributed by atoms with Crippen molar-refractivity contribution in [2.75, 3.05) is 26.3 Å². The number of ether oxygens (including phenoxy) is 2. The van der Waals surface area contributed by atoms with E-state index in [1.165, 1.54) is 0 Å². The fraction of sp³-hybridized carbons (Fsp3) is 0.429. The lowest BCUT2D eigenvalue weighted by molar-refractivity contribution is -0.0000121. The SMILES string of the molecule is O=C(CNC1=NCCC1)c1ccc2c(c1)OCCO2.[Cl-]. The molecule has 0 saturated heterocycles. The minimum Gasteiger partial charge on any atom is -1.00 e. The number of hydrogen-bond acceptors (Lipinski definition) is 5. The third kappa shape index (κ3) is 3.22. The zero-order valence-corrected chi connectivity index (χ0v) is 11.8. The summed E-state index contributed by atoms with van der Waals surface area (Å²) in [4.78, 5) is 16.4. The summed E-state index contributed by atoms with van der Waals surface area (Å²) in [6.45, 7) is 2.22. The van der Waals surface area contributed by atoms with E-state index in [-0.39, 0.29) is 24.7 Å². The van der Waals surface area contributed by atoms with Crippen LogP contribution in [0.25, 0.3) is 0 Å². The Kier molecular flexibility index (Phi) is 4.84. The molecule has 3 rings (SSSR count). The topological polar surface area (TPSA) is 59.9 Å². The van der Waals surface area contributed by atoms with Gasteiger partial charge in [0.1, 0.15) is 13.2 Å². The fourth-order valence-electron chi connectivity index (χ4n) is 2.19. The summed E-state index contributed by atoms with van der Waals surface area (Å²) >= 11 is 0. The molecule has 0 aliphatic carbocycles. The summed E-state index contributed by atoms with van der Waals surface area (Å²) in [5.41, 5.74) is 0.635. The second kappa shape index (κ2) is 6.61. The number of carbonyl (C=O) groups excluding carboxylic acids is 1. The molecule has 2 aliphatic rings. The number of nitrogens with one attached hydrogen (secondary N) is 1. The van der Waals surface area contributed by atoms with Crippen LogP contribution in [0.2, 0.25) is 0 Å². The van der Waals surface area contributed by atoms with Crippen LogP contribution in [0.1, 0.15) is 23.2 Å². The van der Waals surface area contributed by atoms with E-state index in [4.69, 9.17) is 9.47 Å². The van der Waals surface area contributed by atoms with Crippen LogP contribution in [-0.4, -0.2) is 37.9 Å². The number of aliphatic imine (C=N–C) groups is 1. The highest BCUT2D eigenvalue weighted by Gasteiger charge is 2.15. The monoisotopic (exact) mass is 295 g/mol. The Balaban J connectivity index is 0.00000147. The number of rotatable bonds is 3. The van der Waals surface area contributed by atoms with E-state index in [0.717, 1.165) is 25.2 Å². The standard InChI is InChI=1S/C14H16N2O3.ClH/c17-11(9-16-14-2-1-5-15-14)10-3-4-12-13(8-10)19-7-6-18-12;/h3-4,8H,1-2,5-7,9H2,(H,15,16);1H/p-1. The molecule has 2 heterocycles. The highest BCUT2D eigenvalue weighted by Crippen LogP contribution is 2.30. The predicted octanol–water partition coefficient (Wildman–Crippen LogP) is -1.57. The van der Waals surface area contributed by atoms with Gasteiger partial charge >= 0.3 is 0 Å². The average Bonchev–Trinajstić information content (AvgIpc) is 2.97. The second-order valence-electron chi connectivity index (χ2n) is 4.57. The maximum Gasteiger partial charge on any atom is 0.182 e. The first-order valence-electron chi connectivity index (χ1n) is 6.53. The lowest BCUT2D eigenvalue weighted by atomic mass is 10.1. The molecule has 0 atom stereocenters. The summed E-state index contributed by atoms with van der Waals surface area (Å²) < 4.78 is 10.9. The van der Waals surface area contributed by atoms with Gasteiger partial charge in [-0.05, 0) is 24.6 Å². The Morgan fingerprint density at radius 2 is 2.05 bits per heavy atom. The molecule has 0 amide bonds. The van der Waals surface area contributed by atoms with Gasteiger partial charge in [0.25, 0.3) is 0 Å². The molecule has 1 aromatic rings. The van der Waals surface area contributed by atoms with Gasteiger partial charge in [-0.3, -0.25) is 9.79 Å². The lowest BCUT2D eigenvalue weighted by Crippen LogP contribution is -3.00. The van der Waals surface area contributed by atoms with Crippen LogP contribution in [0.3, 0.4) is 0 Å². The molecule has 0 aromatic heterocycles. The first kappa shape index (κ1) is 14.7. The number of fused-ring (bicyclic) bond motifs is 1. The third-order valence-corrected chi connectivity index (χ3v) is 3.19. The van der Waals surface area contributed by atoms with Gasteiger partial charge in [0.15, 0.2) is 17.3 Å². The minimum absolute atomic E-state index is 0. The van der Waals surface area contributed by atoms with Gasteiger partial charge < -0.3 is 27.2 Å². The van der Waals surface area contributed by atoms with E-state index in [1.54, 1.807) is 18.2 Å². The van der Waals surface area contributed by atoms with Crippen LogP contribution < -0.4 is 27.2 Å². The van der Waals surface area contributed by atoms with Crippen LogP contribution >= 0.6 is 0 Å². The zero-order valence-electron chi connectivity index (χ0n) is 11.0. The summed E-state index contributed by atoms with van der Waals surface area (Å²) in [7, 11) is 0. The second-order valence-corrected chi connectivity index (χ2v) is 4.57. The number of benzene rings is 1. The van der Waals surface area contributed by atoms with E-state index in [1.807, 2.05) is 0 Å². The molecule has 0 radical (unpaired) electrons. The first-order chi connectivity index (χ1) is 9.33. The largest absolute Gasteiger partial charge is 1.00 e. The van der Waals surface area contributed by atoms with Crippen molar-refractivity contribution in [3.8, 4) is 11.5 Å². The van der Waals surface area contributed by atoms with Crippen molar-refractivity contribution in [3.63, 3.8) is 0 Å². The fourth-order valence-corrected chi connectivity index (χ4v) is 2.19. The van der Waals surface area contributed by atoms with Crippen LogP contribution in [0.4, 0.5) is 0 Å². The molecule has 5 nitrogen and oxygen atoms in total. The molecule has 20 heavy (non-hydrogen) atoms. The van der Waals surface area contributed by atoms with Crippen molar-refractivity contribution in [2.24, 2.45) is 4.99 Å². The number of Topliss-reactive ketones (excluding diaryl/α,β-unsaturated/α-hetero) is 1. The molecule has 1 N–H and O–H groups in total. The van der Waals surface area contributed by atoms with Gasteiger partial charge in [-0.25, -0.2) is 0 Å². The van der Waals surface area contributed by atoms with E-state index in [9.17, 15) is 4.79 Å².